The lowest BCUT2D eigenvalue weighted by molar-refractivity contribution is -0.107. The molecule has 0 aliphatic carbocycles. The summed E-state index contributed by atoms with van der Waals surface area (Å²) in [5, 5.41) is 0. The number of carbonyl (C=O) groups excluding carboxylic acids is 2. The number of benzene rings is 1. The van der Waals surface area contributed by atoms with Crippen LogP contribution < -0.4 is 4.90 Å². The first-order chi connectivity index (χ1) is 19.2. The van der Waals surface area contributed by atoms with Crippen molar-refractivity contribution in [3.05, 3.63) is 46.9 Å². The van der Waals surface area contributed by atoms with E-state index in [0.717, 1.165) is 12.2 Å². The van der Waals surface area contributed by atoms with Crippen LogP contribution in [0.25, 0.3) is 0 Å². The molecule has 0 saturated heterocycles. The summed E-state index contributed by atoms with van der Waals surface area (Å²) in [4.78, 5) is 33.4. The van der Waals surface area contributed by atoms with Crippen molar-refractivity contribution in [2.75, 3.05) is 44.4 Å². The van der Waals surface area contributed by atoms with Gasteiger partial charge in [0.1, 0.15) is 5.82 Å². The Morgan fingerprint density at radius 1 is 1.12 bits per heavy atom. The second kappa shape index (κ2) is 18.4. The van der Waals surface area contributed by atoms with Gasteiger partial charge in [0.05, 0.1) is 25.9 Å². The SMILES string of the molecule is C#CCN(C)C(=O)c1c(N(C=O)CCCCP(=O)(OCC)OCC)nc(CCc2ccccc2C)n1CC.CC. The van der Waals surface area contributed by atoms with Gasteiger partial charge in [0.2, 0.25) is 6.41 Å². The van der Waals surface area contributed by atoms with Gasteiger partial charge in [0.15, 0.2) is 11.5 Å². The number of rotatable bonds is 17. The quantitative estimate of drug-likeness (QED) is 0.104. The van der Waals surface area contributed by atoms with Crippen LogP contribution in [-0.2, 0) is 37.8 Å². The fraction of sp³-hybridized carbons (Fsp3) is 0.567. The fourth-order valence-corrected chi connectivity index (χ4v) is 6.04. The zero-order chi connectivity index (χ0) is 30.1. The Morgan fingerprint density at radius 2 is 1.77 bits per heavy atom. The fourth-order valence-electron chi connectivity index (χ4n) is 4.31. The van der Waals surface area contributed by atoms with E-state index in [9.17, 15) is 14.2 Å². The number of carbonyl (C=O) groups is 2. The molecule has 0 saturated carbocycles. The van der Waals surface area contributed by atoms with E-state index in [0.29, 0.717) is 63.5 Å². The summed E-state index contributed by atoms with van der Waals surface area (Å²) in [6.07, 6.45) is 8.82. The van der Waals surface area contributed by atoms with Crippen molar-refractivity contribution >= 4 is 25.7 Å². The first-order valence-electron chi connectivity index (χ1n) is 14.2. The van der Waals surface area contributed by atoms with Crippen LogP contribution >= 0.6 is 7.60 Å². The highest BCUT2D eigenvalue weighted by molar-refractivity contribution is 7.53. The Labute approximate surface area is 240 Å². The molecule has 2 rings (SSSR count). The molecule has 0 aliphatic rings. The number of unbranched alkanes of at least 4 members (excludes halogenated alkanes) is 1. The van der Waals surface area contributed by atoms with Crippen molar-refractivity contribution in [3.63, 3.8) is 0 Å². The lowest BCUT2D eigenvalue weighted by Crippen LogP contribution is -2.32. The van der Waals surface area contributed by atoms with Crippen LogP contribution in [0.4, 0.5) is 5.82 Å². The van der Waals surface area contributed by atoms with E-state index in [1.807, 2.05) is 37.5 Å². The number of hydrogen-bond donors (Lipinski definition) is 0. The number of aromatic nitrogens is 2. The summed E-state index contributed by atoms with van der Waals surface area (Å²) >= 11 is 0. The minimum absolute atomic E-state index is 0.136. The first kappa shape index (κ1) is 35.1. The summed E-state index contributed by atoms with van der Waals surface area (Å²) in [6, 6.07) is 8.17. The van der Waals surface area contributed by atoms with E-state index in [4.69, 9.17) is 20.5 Å². The molecule has 0 unspecified atom stereocenters. The highest BCUT2D eigenvalue weighted by Gasteiger charge is 2.28. The van der Waals surface area contributed by atoms with Crippen LogP contribution in [-0.4, -0.2) is 66.3 Å². The van der Waals surface area contributed by atoms with Gasteiger partial charge in [-0.05, 0) is 58.1 Å². The predicted molar refractivity (Wildman–Crippen MR) is 162 cm³/mol. The van der Waals surface area contributed by atoms with Crippen LogP contribution in [0.2, 0.25) is 0 Å². The van der Waals surface area contributed by atoms with Gasteiger partial charge >= 0.3 is 7.60 Å². The highest BCUT2D eigenvalue weighted by Crippen LogP contribution is 2.48. The zero-order valence-corrected chi connectivity index (χ0v) is 26.2. The summed E-state index contributed by atoms with van der Waals surface area (Å²) in [7, 11) is -1.53. The summed E-state index contributed by atoms with van der Waals surface area (Å²) in [5.74, 6) is 3.25. The van der Waals surface area contributed by atoms with Crippen molar-refractivity contribution in [2.45, 2.75) is 73.8 Å². The van der Waals surface area contributed by atoms with E-state index in [-0.39, 0.29) is 18.6 Å². The maximum Gasteiger partial charge on any atom is 0.330 e. The lowest BCUT2D eigenvalue weighted by Gasteiger charge is -2.21. The Bertz CT molecular complexity index is 1150. The molecule has 0 aliphatic heterocycles. The van der Waals surface area contributed by atoms with Gasteiger partial charge in [-0.25, -0.2) is 4.98 Å². The molecule has 2 aromatic rings. The van der Waals surface area contributed by atoms with Crippen LogP contribution in [0.1, 0.15) is 74.9 Å². The molecule has 0 N–H and O–H groups in total. The first-order valence-corrected chi connectivity index (χ1v) is 15.9. The van der Waals surface area contributed by atoms with Gasteiger partial charge < -0.3 is 18.5 Å². The van der Waals surface area contributed by atoms with E-state index >= 15 is 0 Å². The van der Waals surface area contributed by atoms with Crippen LogP contribution in [0.3, 0.4) is 0 Å². The van der Waals surface area contributed by atoms with Gasteiger partial charge in [-0.2, -0.15) is 0 Å². The van der Waals surface area contributed by atoms with Gasteiger partial charge in [-0.15, -0.1) is 6.42 Å². The average Bonchev–Trinajstić information content (AvgIpc) is 3.31. The minimum Gasteiger partial charge on any atom is -0.329 e. The van der Waals surface area contributed by atoms with E-state index in [1.165, 1.54) is 20.9 Å². The molecule has 9 nitrogen and oxygen atoms in total. The molecule has 0 spiro atoms. The Kier molecular flexibility index (Phi) is 16.2. The number of imidazole rings is 1. The van der Waals surface area contributed by atoms with Crippen LogP contribution in [0.15, 0.2) is 24.3 Å². The second-order valence-corrected chi connectivity index (χ2v) is 11.1. The average molecular weight is 575 g/mol. The second-order valence-electron chi connectivity index (χ2n) is 8.91. The van der Waals surface area contributed by atoms with Crippen LogP contribution in [0.5, 0.6) is 0 Å². The highest BCUT2D eigenvalue weighted by atomic mass is 31.2. The molecule has 0 fully saturated rings. The topological polar surface area (TPSA) is 94.0 Å². The van der Waals surface area contributed by atoms with E-state index in [1.54, 1.807) is 20.9 Å². The van der Waals surface area contributed by atoms with Crippen molar-refractivity contribution in [3.8, 4) is 12.3 Å². The third-order valence-electron chi connectivity index (χ3n) is 6.23. The molecule has 0 radical (unpaired) electrons. The molecule has 0 bridgehead atoms. The Morgan fingerprint density at radius 3 is 2.33 bits per heavy atom. The van der Waals surface area contributed by atoms with Gasteiger partial charge in [0.25, 0.3) is 5.91 Å². The van der Waals surface area contributed by atoms with Gasteiger partial charge in [-0.1, -0.05) is 44.0 Å². The molecule has 1 aromatic heterocycles. The third-order valence-corrected chi connectivity index (χ3v) is 8.40. The molecular weight excluding hydrogens is 527 g/mol. The van der Waals surface area contributed by atoms with Crippen LogP contribution in [0, 0.1) is 19.3 Å². The number of aryl methyl sites for hydroxylation is 3. The number of hydrogen-bond acceptors (Lipinski definition) is 6. The molecule has 0 atom stereocenters. The predicted octanol–water partition coefficient (Wildman–Crippen LogP) is 5.74. The minimum atomic E-state index is -3.16. The summed E-state index contributed by atoms with van der Waals surface area (Å²) in [5.41, 5.74) is 2.74. The third kappa shape index (κ3) is 9.92. The molecule has 10 heteroatoms. The van der Waals surface area contributed by atoms with Crippen molar-refractivity contribution in [1.29, 1.82) is 0 Å². The van der Waals surface area contributed by atoms with Crippen molar-refractivity contribution < 1.29 is 23.2 Å². The summed E-state index contributed by atoms with van der Waals surface area (Å²) in [6.45, 7) is 13.1. The van der Waals surface area contributed by atoms with E-state index < -0.39 is 7.60 Å². The van der Waals surface area contributed by atoms with Crippen molar-refractivity contribution in [2.24, 2.45) is 0 Å². The Hall–Kier alpha value is -2.92. The van der Waals surface area contributed by atoms with Gasteiger partial charge in [-0.3, -0.25) is 19.1 Å². The monoisotopic (exact) mass is 574 g/mol. The number of anilines is 1. The number of nitrogens with zero attached hydrogens (tertiary/aromatic N) is 4. The maximum atomic E-state index is 13.5. The van der Waals surface area contributed by atoms with Gasteiger partial charge in [0, 0.05) is 26.6 Å². The number of amides is 2. The summed E-state index contributed by atoms with van der Waals surface area (Å²) < 4.78 is 25.4. The molecule has 1 heterocycles. The normalized spacial score (nSPS) is 10.8. The van der Waals surface area contributed by atoms with Crippen molar-refractivity contribution in [1.82, 2.24) is 14.5 Å². The Balaban J connectivity index is 0.00000391. The standard InChI is InChI=1S/C28H41N4O5P.C2H6/c1-7-19-30(6)28(34)26-27(31(22-33)20-13-14-21-38(35,36-9-3)37-10-4)29-25(32(26)8-2)18-17-24-16-12-11-15-23(24)5;1-2/h1,11-12,15-16,22H,8-10,13-14,17-21H2,2-6H3;1-2H3. The zero-order valence-electron chi connectivity index (χ0n) is 25.3. The smallest absolute Gasteiger partial charge is 0.329 e. The number of terminal acetylenes is 1. The van der Waals surface area contributed by atoms with E-state index in [2.05, 4.69) is 25.0 Å². The molecular formula is C30H47N4O5P. The maximum absolute atomic E-state index is 13.5. The molecule has 222 valence electrons. The molecule has 2 amide bonds. The largest absolute Gasteiger partial charge is 0.330 e. The molecule has 1 aromatic carbocycles. The molecule has 40 heavy (non-hydrogen) atoms. The lowest BCUT2D eigenvalue weighted by atomic mass is 10.0.